The second-order valence-corrected chi connectivity index (χ2v) is 20.0. The summed E-state index contributed by atoms with van der Waals surface area (Å²) in [7, 11) is 0. The molecule has 4 N–H and O–H groups in total. The second-order valence-electron chi connectivity index (χ2n) is 20.0. The van der Waals surface area contributed by atoms with Crippen LogP contribution in [-0.4, -0.2) is 127 Å². The number of pyridine rings is 4. The first-order valence-corrected chi connectivity index (χ1v) is 24.1. The summed E-state index contributed by atoms with van der Waals surface area (Å²) in [4.78, 5) is 47.0. The number of nitrogens with zero attached hydrogens (tertiary/aromatic N) is 10. The summed E-state index contributed by atoms with van der Waals surface area (Å²) in [6, 6.07) is 12.4. The Kier molecular flexibility index (Phi) is 14.3. The Hall–Kier alpha value is -7.06. The molecular weight excluding hydrogens is 893 g/mol. The van der Waals surface area contributed by atoms with Gasteiger partial charge in [0.25, 0.3) is 0 Å². The van der Waals surface area contributed by atoms with Crippen LogP contribution < -0.4 is 31.1 Å². The quantitative estimate of drug-likeness (QED) is 0.104. The lowest BCUT2D eigenvalue weighted by molar-refractivity contribution is 0.0494. The van der Waals surface area contributed by atoms with Gasteiger partial charge in [-0.3, -0.25) is 0 Å². The molecule has 4 aliphatic rings. The number of carbonyl (C=O) groups is 2. The van der Waals surface area contributed by atoms with Crippen molar-refractivity contribution in [3.05, 3.63) is 91.0 Å². The number of fused-ring (bicyclic) bond motifs is 2. The molecule has 3 atom stereocenters. The van der Waals surface area contributed by atoms with Crippen molar-refractivity contribution in [1.29, 1.82) is 0 Å². The number of alkyl carbamates (subject to hydrolysis) is 2. The Morgan fingerprint density at radius 1 is 0.657 bits per heavy atom. The summed E-state index contributed by atoms with van der Waals surface area (Å²) in [6.45, 7) is 17.6. The van der Waals surface area contributed by atoms with Gasteiger partial charge in [0.2, 0.25) is 0 Å². The molecule has 2 aliphatic carbocycles. The lowest BCUT2D eigenvalue weighted by Crippen LogP contribution is -2.38. The normalized spacial score (nSPS) is 19.6. The zero-order valence-corrected chi connectivity index (χ0v) is 40.9. The molecule has 370 valence electrons. The molecule has 20 nitrogen and oxygen atoms in total. The van der Waals surface area contributed by atoms with Crippen molar-refractivity contribution in [2.75, 3.05) is 73.0 Å². The highest BCUT2D eigenvalue weighted by atomic mass is 16.6. The van der Waals surface area contributed by atoms with E-state index in [0.29, 0.717) is 12.3 Å². The third kappa shape index (κ3) is 12.4. The summed E-state index contributed by atoms with van der Waals surface area (Å²) in [6.07, 6.45) is 16.5. The van der Waals surface area contributed by atoms with Crippen molar-refractivity contribution in [3.8, 4) is 0 Å². The molecule has 3 fully saturated rings. The van der Waals surface area contributed by atoms with E-state index in [2.05, 4.69) is 91.5 Å². The van der Waals surface area contributed by atoms with E-state index < -0.39 is 17.3 Å². The van der Waals surface area contributed by atoms with Gasteiger partial charge in [0.05, 0.1) is 61.6 Å². The molecule has 0 aromatic carbocycles. The number of hydrogen-bond donors (Lipinski definition) is 4. The first-order chi connectivity index (χ1) is 33.7. The second kappa shape index (κ2) is 20.9. The molecule has 20 heteroatoms. The van der Waals surface area contributed by atoms with E-state index in [1.165, 1.54) is 6.33 Å². The number of rotatable bonds is 10. The molecule has 6 aromatic heterocycles. The topological polar surface area (TPSA) is 212 Å². The Balaban J connectivity index is 0.000000174. The van der Waals surface area contributed by atoms with Gasteiger partial charge in [-0.15, -0.1) is 0 Å². The Morgan fingerprint density at radius 3 is 1.71 bits per heavy atom. The number of nitrogens with one attached hydrogen (secondary N) is 4. The van der Waals surface area contributed by atoms with Crippen LogP contribution in [-0.2, 0) is 18.9 Å². The van der Waals surface area contributed by atoms with E-state index in [1.807, 2.05) is 78.5 Å². The highest BCUT2D eigenvalue weighted by Crippen LogP contribution is 2.37. The van der Waals surface area contributed by atoms with E-state index >= 15 is 0 Å². The zero-order valence-electron chi connectivity index (χ0n) is 40.9. The number of carbonyl (C=O) groups excluding carboxylic acids is 2. The van der Waals surface area contributed by atoms with Gasteiger partial charge in [-0.25, -0.2) is 38.6 Å². The van der Waals surface area contributed by atoms with Crippen molar-refractivity contribution < 1.29 is 28.5 Å². The smallest absolute Gasteiger partial charge is 0.407 e. The van der Waals surface area contributed by atoms with Crippen LogP contribution in [0.3, 0.4) is 0 Å². The van der Waals surface area contributed by atoms with E-state index in [0.717, 1.165) is 141 Å². The number of ether oxygens (including phenoxy) is 4. The van der Waals surface area contributed by atoms with Crippen LogP contribution in [0, 0.1) is 0 Å². The maximum atomic E-state index is 12.2. The number of hydrogen-bond acceptors (Lipinski definition) is 16. The molecular formula is C50H64N14O6. The molecule has 2 amide bonds. The molecule has 2 saturated heterocycles. The number of morpholine rings is 2. The molecule has 6 aromatic rings. The first-order valence-electron chi connectivity index (χ1n) is 24.1. The third-order valence-corrected chi connectivity index (χ3v) is 12.4. The van der Waals surface area contributed by atoms with Crippen LogP contribution >= 0.6 is 0 Å². The predicted molar refractivity (Wildman–Crippen MR) is 267 cm³/mol. The van der Waals surface area contributed by atoms with Gasteiger partial charge >= 0.3 is 12.2 Å². The maximum Gasteiger partial charge on any atom is 0.407 e. The van der Waals surface area contributed by atoms with E-state index in [1.54, 1.807) is 15.4 Å². The van der Waals surface area contributed by atoms with E-state index in [-0.39, 0.29) is 18.2 Å². The summed E-state index contributed by atoms with van der Waals surface area (Å²) in [5.74, 6) is 1.79. The van der Waals surface area contributed by atoms with Crippen molar-refractivity contribution in [1.82, 2.24) is 49.8 Å². The van der Waals surface area contributed by atoms with Gasteiger partial charge in [-0.05, 0) is 133 Å². The fourth-order valence-electron chi connectivity index (χ4n) is 9.10. The minimum atomic E-state index is -0.522. The minimum absolute atomic E-state index is 0.00268. The van der Waals surface area contributed by atoms with Crippen LogP contribution in [0.4, 0.5) is 44.0 Å². The van der Waals surface area contributed by atoms with Crippen LogP contribution in [0.25, 0.3) is 16.9 Å². The summed E-state index contributed by atoms with van der Waals surface area (Å²) >= 11 is 0. The number of amides is 2. The summed E-state index contributed by atoms with van der Waals surface area (Å²) < 4.78 is 25.3. The maximum absolute atomic E-state index is 12.2. The summed E-state index contributed by atoms with van der Waals surface area (Å²) in [5.41, 5.74) is 7.60. The van der Waals surface area contributed by atoms with Crippen LogP contribution in [0.5, 0.6) is 0 Å². The average Bonchev–Trinajstić information content (AvgIpc) is 4.18. The fraction of sp³-hybridized carbons (Fsp3) is 0.480. The molecule has 1 saturated carbocycles. The van der Waals surface area contributed by atoms with Gasteiger partial charge in [0.15, 0.2) is 11.3 Å². The SMILES string of the molecule is CC(C)(C)OC(=O)NC1CC=C(c2cc(Nc3ccc(N4CCOCC4)cn3)c3ncnn3c2)C1.CC(C)(C)OC(=O)NC1CCC(c2cc(Nc3ccc(N4CCOCC4)cn3)c3ncnn3c2)C1. The monoisotopic (exact) mass is 957 g/mol. The van der Waals surface area contributed by atoms with Gasteiger partial charge in [-0.2, -0.15) is 10.2 Å². The Morgan fingerprint density at radius 2 is 1.19 bits per heavy atom. The highest BCUT2D eigenvalue weighted by molar-refractivity contribution is 5.80. The minimum Gasteiger partial charge on any atom is -0.444 e. The standard InChI is InChI=1S/C25H33N7O3.C25H31N7O3/c2*1-25(2,3)35-24(33)29-19-5-4-17(12-19)18-13-21(23-27-16-28-32(23)15-18)30-22-7-6-20(14-26-22)31-8-10-34-11-9-31/h6-7,13-17,19H,4-5,8-12H2,1-3H3,(H,26,30)(H,29,33);4,6-7,13-16,19H,5,8-12H2,1-3H3,(H,26,30)(H,29,33). The zero-order chi connectivity index (χ0) is 48.8. The van der Waals surface area contributed by atoms with Gasteiger partial charge in [0, 0.05) is 50.7 Å². The van der Waals surface area contributed by atoms with Crippen molar-refractivity contribution in [2.45, 2.75) is 103 Å². The van der Waals surface area contributed by atoms with Crippen molar-refractivity contribution in [3.63, 3.8) is 0 Å². The van der Waals surface area contributed by atoms with Gasteiger partial charge in [0.1, 0.15) is 35.5 Å². The Labute approximate surface area is 407 Å². The van der Waals surface area contributed by atoms with Crippen LogP contribution in [0.15, 0.2) is 79.9 Å². The summed E-state index contributed by atoms with van der Waals surface area (Å²) in [5, 5.41) is 21.5. The highest BCUT2D eigenvalue weighted by Gasteiger charge is 2.30. The van der Waals surface area contributed by atoms with Crippen molar-refractivity contribution in [2.24, 2.45) is 0 Å². The van der Waals surface area contributed by atoms with Crippen LogP contribution in [0.1, 0.15) is 90.7 Å². The molecule has 2 aliphatic heterocycles. The Bertz CT molecular complexity index is 2740. The van der Waals surface area contributed by atoms with Crippen molar-refractivity contribution >= 4 is 63.4 Å². The third-order valence-electron chi connectivity index (χ3n) is 12.4. The average molecular weight is 957 g/mol. The molecule has 70 heavy (non-hydrogen) atoms. The number of anilines is 6. The lowest BCUT2D eigenvalue weighted by atomic mass is 9.98. The van der Waals surface area contributed by atoms with E-state index in [9.17, 15) is 9.59 Å². The fourth-order valence-corrected chi connectivity index (χ4v) is 9.10. The molecule has 8 heterocycles. The molecule has 0 bridgehead atoms. The van der Waals surface area contributed by atoms with E-state index in [4.69, 9.17) is 18.9 Å². The van der Waals surface area contributed by atoms with Gasteiger partial charge in [-0.1, -0.05) is 6.08 Å². The lowest BCUT2D eigenvalue weighted by Gasteiger charge is -2.28. The van der Waals surface area contributed by atoms with Gasteiger partial charge < -0.3 is 50.0 Å². The van der Waals surface area contributed by atoms with Crippen LogP contribution in [0.2, 0.25) is 0 Å². The largest absolute Gasteiger partial charge is 0.444 e. The molecule has 0 radical (unpaired) electrons. The molecule has 0 spiro atoms. The molecule has 10 rings (SSSR count). The predicted octanol–water partition coefficient (Wildman–Crippen LogP) is 7.64. The first kappa shape index (κ1) is 48.0. The molecule has 3 unspecified atom stereocenters. The number of aromatic nitrogens is 8.